The van der Waals surface area contributed by atoms with Crippen molar-refractivity contribution < 1.29 is 22.5 Å². The first-order valence-electron chi connectivity index (χ1n) is 5.76. The Morgan fingerprint density at radius 2 is 2.10 bits per heavy atom. The fraction of sp³-hybridized carbons (Fsp3) is 0.167. The molecule has 104 valence electrons. The SMILES string of the molecule is CCn1cc(C(=O)OB(F)F)c(=O)c2ccc(F)cc21. The van der Waals surface area contributed by atoms with Crippen LogP contribution in [0.1, 0.15) is 17.3 Å². The van der Waals surface area contributed by atoms with Gasteiger partial charge in [0.25, 0.3) is 0 Å². The van der Waals surface area contributed by atoms with Gasteiger partial charge in [0.15, 0.2) is 0 Å². The van der Waals surface area contributed by atoms with Gasteiger partial charge < -0.3 is 9.22 Å². The summed E-state index contributed by atoms with van der Waals surface area (Å²) < 4.78 is 42.5. The maximum absolute atomic E-state index is 13.2. The van der Waals surface area contributed by atoms with Crippen LogP contribution in [0.3, 0.4) is 0 Å². The van der Waals surface area contributed by atoms with Crippen LogP contribution in [0.15, 0.2) is 29.2 Å². The van der Waals surface area contributed by atoms with Crippen molar-refractivity contribution in [3.05, 3.63) is 46.0 Å². The molecule has 2 aromatic rings. The number of carbonyl (C=O) groups is 1. The quantitative estimate of drug-likeness (QED) is 0.812. The number of hydrogen-bond acceptors (Lipinski definition) is 3. The molecule has 8 heteroatoms. The fourth-order valence-electron chi connectivity index (χ4n) is 1.91. The number of hydrogen-bond donors (Lipinski definition) is 0. The molecule has 1 aromatic carbocycles. The third-order valence-corrected chi connectivity index (χ3v) is 2.80. The van der Waals surface area contributed by atoms with Crippen molar-refractivity contribution in [1.29, 1.82) is 0 Å². The number of nitrogens with zero attached hydrogens (tertiary/aromatic N) is 1. The molecule has 0 saturated heterocycles. The molecule has 0 unspecified atom stereocenters. The number of rotatable bonds is 3. The van der Waals surface area contributed by atoms with Crippen LogP contribution in [-0.2, 0) is 11.2 Å². The Kier molecular flexibility index (Phi) is 3.83. The molecule has 1 aromatic heterocycles. The third kappa shape index (κ3) is 2.54. The maximum Gasteiger partial charge on any atom is 0.798 e. The normalized spacial score (nSPS) is 10.6. The Morgan fingerprint density at radius 3 is 2.70 bits per heavy atom. The smallest absolute Gasteiger partial charge is 0.474 e. The molecule has 0 saturated carbocycles. The molecular weight excluding hydrogens is 274 g/mol. The molecule has 4 nitrogen and oxygen atoms in total. The van der Waals surface area contributed by atoms with E-state index in [4.69, 9.17) is 0 Å². The highest BCUT2D eigenvalue weighted by Crippen LogP contribution is 2.14. The Bertz CT molecular complexity index is 730. The molecule has 0 N–H and O–H groups in total. The molecular formula is C12H9BF3NO3. The Labute approximate surface area is 112 Å². The standard InChI is InChI=1S/C12H9BF3NO3/c1-2-17-6-9(12(19)20-13(15)16)11(18)8-4-3-7(14)5-10(8)17/h3-6H,2H2,1H3. The van der Waals surface area contributed by atoms with Crippen molar-refractivity contribution in [3.8, 4) is 0 Å². The van der Waals surface area contributed by atoms with Crippen molar-refractivity contribution in [2.75, 3.05) is 0 Å². The van der Waals surface area contributed by atoms with E-state index in [0.29, 0.717) is 6.54 Å². The zero-order chi connectivity index (χ0) is 14.9. The summed E-state index contributed by atoms with van der Waals surface area (Å²) in [6, 6.07) is 3.41. The molecule has 0 spiro atoms. The summed E-state index contributed by atoms with van der Waals surface area (Å²) in [6.45, 7) is 2.03. The minimum absolute atomic E-state index is 0.0666. The highest BCUT2D eigenvalue weighted by Gasteiger charge is 2.25. The summed E-state index contributed by atoms with van der Waals surface area (Å²) in [5.41, 5.74) is -0.993. The molecule has 0 aliphatic heterocycles. The van der Waals surface area contributed by atoms with Gasteiger partial charge in [-0.1, -0.05) is 0 Å². The molecule has 0 bridgehead atoms. The number of benzene rings is 1. The van der Waals surface area contributed by atoms with Gasteiger partial charge in [0.05, 0.1) is 5.52 Å². The van der Waals surface area contributed by atoms with Gasteiger partial charge in [-0.25, -0.2) is 17.8 Å². The third-order valence-electron chi connectivity index (χ3n) is 2.80. The second kappa shape index (κ2) is 5.40. The topological polar surface area (TPSA) is 48.3 Å². The number of pyridine rings is 1. The highest BCUT2D eigenvalue weighted by atomic mass is 19.2. The second-order valence-electron chi connectivity index (χ2n) is 3.99. The first kappa shape index (κ1) is 14.2. The lowest BCUT2D eigenvalue weighted by atomic mass is 10.1. The molecule has 0 atom stereocenters. The average molecular weight is 283 g/mol. The van der Waals surface area contributed by atoms with Crippen LogP contribution in [0.2, 0.25) is 0 Å². The van der Waals surface area contributed by atoms with Crippen molar-refractivity contribution in [2.45, 2.75) is 13.5 Å². The van der Waals surface area contributed by atoms with E-state index in [1.807, 2.05) is 0 Å². The van der Waals surface area contributed by atoms with E-state index < -0.39 is 30.2 Å². The molecule has 0 amide bonds. The van der Waals surface area contributed by atoms with Crippen LogP contribution in [0.4, 0.5) is 13.0 Å². The minimum Gasteiger partial charge on any atom is -0.474 e. The summed E-state index contributed by atoms with van der Waals surface area (Å²) >= 11 is 0. The van der Waals surface area contributed by atoms with Crippen molar-refractivity contribution in [1.82, 2.24) is 4.57 Å². The number of aryl methyl sites for hydroxylation is 1. The molecule has 20 heavy (non-hydrogen) atoms. The van der Waals surface area contributed by atoms with Gasteiger partial charge in [0.1, 0.15) is 11.4 Å². The monoisotopic (exact) mass is 283 g/mol. The first-order chi connectivity index (χ1) is 9.43. The van der Waals surface area contributed by atoms with E-state index >= 15 is 0 Å². The Morgan fingerprint density at radius 1 is 1.40 bits per heavy atom. The Balaban J connectivity index is 2.69. The van der Waals surface area contributed by atoms with Gasteiger partial charge in [-0.05, 0) is 25.1 Å². The van der Waals surface area contributed by atoms with Crippen LogP contribution >= 0.6 is 0 Å². The van der Waals surface area contributed by atoms with Crippen LogP contribution in [0.5, 0.6) is 0 Å². The van der Waals surface area contributed by atoms with E-state index in [2.05, 4.69) is 4.65 Å². The number of fused-ring (bicyclic) bond motifs is 1. The lowest BCUT2D eigenvalue weighted by molar-refractivity contribution is 0.0693. The zero-order valence-electron chi connectivity index (χ0n) is 10.4. The van der Waals surface area contributed by atoms with Gasteiger partial charge in [0.2, 0.25) is 5.43 Å². The number of halogens is 3. The number of carbonyl (C=O) groups excluding carboxylic acids is 1. The summed E-state index contributed by atoms with van der Waals surface area (Å²) in [7, 11) is -3.30. The lowest BCUT2D eigenvalue weighted by Gasteiger charge is -2.11. The van der Waals surface area contributed by atoms with Crippen molar-refractivity contribution in [2.24, 2.45) is 0 Å². The summed E-state index contributed by atoms with van der Waals surface area (Å²) in [4.78, 5) is 23.5. The van der Waals surface area contributed by atoms with E-state index in [0.717, 1.165) is 18.3 Å². The minimum atomic E-state index is -3.30. The van der Waals surface area contributed by atoms with E-state index in [1.54, 1.807) is 6.92 Å². The Hall–Kier alpha value is -2.25. The summed E-state index contributed by atoms with van der Waals surface area (Å²) in [6.07, 6.45) is 1.09. The van der Waals surface area contributed by atoms with Gasteiger partial charge in [0, 0.05) is 18.1 Å². The van der Waals surface area contributed by atoms with E-state index in [1.165, 1.54) is 10.6 Å². The predicted octanol–water partition coefficient (Wildman–Crippen LogP) is 2.24. The zero-order valence-corrected chi connectivity index (χ0v) is 10.4. The molecule has 1 heterocycles. The predicted molar refractivity (Wildman–Crippen MR) is 67.2 cm³/mol. The van der Waals surface area contributed by atoms with Crippen molar-refractivity contribution in [3.63, 3.8) is 0 Å². The van der Waals surface area contributed by atoms with E-state index in [9.17, 15) is 22.6 Å². The summed E-state index contributed by atoms with van der Waals surface area (Å²) in [5, 5.41) is 0.0666. The van der Waals surface area contributed by atoms with Crippen LogP contribution in [0, 0.1) is 5.82 Å². The van der Waals surface area contributed by atoms with Crippen LogP contribution in [0.25, 0.3) is 10.9 Å². The molecule has 2 rings (SSSR count). The first-order valence-corrected chi connectivity index (χ1v) is 5.76. The summed E-state index contributed by atoms with van der Waals surface area (Å²) in [5.74, 6) is -1.94. The number of aromatic nitrogens is 1. The van der Waals surface area contributed by atoms with Gasteiger partial charge >= 0.3 is 13.4 Å². The largest absolute Gasteiger partial charge is 0.798 e. The molecule has 0 fully saturated rings. The van der Waals surface area contributed by atoms with E-state index in [-0.39, 0.29) is 10.9 Å². The molecule has 0 radical (unpaired) electrons. The van der Waals surface area contributed by atoms with Crippen LogP contribution in [-0.4, -0.2) is 18.0 Å². The molecule has 0 aliphatic carbocycles. The molecule has 0 aliphatic rings. The highest BCUT2D eigenvalue weighted by molar-refractivity contribution is 6.38. The van der Waals surface area contributed by atoms with Gasteiger partial charge in [-0.2, -0.15) is 0 Å². The second-order valence-corrected chi connectivity index (χ2v) is 3.99. The van der Waals surface area contributed by atoms with Crippen molar-refractivity contribution >= 4 is 24.3 Å². The average Bonchev–Trinajstić information content (AvgIpc) is 2.38. The van der Waals surface area contributed by atoms with Gasteiger partial charge in [-0.3, -0.25) is 4.79 Å². The fourth-order valence-corrected chi connectivity index (χ4v) is 1.91. The van der Waals surface area contributed by atoms with Crippen LogP contribution < -0.4 is 5.43 Å². The lowest BCUT2D eigenvalue weighted by Crippen LogP contribution is -2.23. The maximum atomic E-state index is 13.2. The van der Waals surface area contributed by atoms with Gasteiger partial charge in [-0.15, -0.1) is 0 Å².